The molecule has 0 saturated carbocycles. The number of hydrogen-bond acceptors (Lipinski definition) is 4. The number of aromatic nitrogens is 1. The summed E-state index contributed by atoms with van der Waals surface area (Å²) in [7, 11) is 3.98. The van der Waals surface area contributed by atoms with Crippen LogP contribution in [-0.2, 0) is 19.5 Å². The second kappa shape index (κ2) is 10.7. The Balaban J connectivity index is 1.40. The highest BCUT2D eigenvalue weighted by Gasteiger charge is 2.20. The van der Waals surface area contributed by atoms with Gasteiger partial charge in [0.25, 0.3) is 0 Å². The Kier molecular flexibility index (Phi) is 8.07. The Hall–Kier alpha value is -1.92. The first-order valence-electron chi connectivity index (χ1n) is 10.7. The second-order valence-corrected chi connectivity index (χ2v) is 9.02. The largest absolute Gasteiger partial charge is 0.356 e. The van der Waals surface area contributed by atoms with Crippen LogP contribution in [0, 0.1) is 12.8 Å². The van der Waals surface area contributed by atoms with E-state index in [0.29, 0.717) is 5.92 Å². The average Bonchev–Trinajstić information content (AvgIpc) is 3.19. The van der Waals surface area contributed by atoms with Gasteiger partial charge in [0.1, 0.15) is 0 Å². The van der Waals surface area contributed by atoms with E-state index in [1.807, 2.05) is 7.05 Å². The summed E-state index contributed by atoms with van der Waals surface area (Å²) in [6, 6.07) is 8.73. The fourth-order valence-corrected chi connectivity index (χ4v) is 4.56. The predicted molar refractivity (Wildman–Crippen MR) is 124 cm³/mol. The van der Waals surface area contributed by atoms with Crippen molar-refractivity contribution in [3.05, 3.63) is 51.5 Å². The number of guanidine groups is 1. The van der Waals surface area contributed by atoms with E-state index in [1.54, 1.807) is 11.3 Å². The van der Waals surface area contributed by atoms with Gasteiger partial charge in [-0.25, -0.2) is 4.98 Å². The highest BCUT2D eigenvalue weighted by atomic mass is 32.1. The summed E-state index contributed by atoms with van der Waals surface area (Å²) in [5.41, 5.74) is 3.84. The van der Waals surface area contributed by atoms with E-state index in [1.165, 1.54) is 34.7 Å². The first kappa shape index (κ1) is 21.8. The molecular formula is C23H35N5S. The molecule has 1 aromatic carbocycles. The Morgan fingerprint density at radius 2 is 2.00 bits per heavy atom. The van der Waals surface area contributed by atoms with Gasteiger partial charge in [-0.15, -0.1) is 11.3 Å². The van der Waals surface area contributed by atoms with Crippen molar-refractivity contribution in [1.82, 2.24) is 20.1 Å². The molecule has 0 spiro atoms. The molecule has 1 fully saturated rings. The second-order valence-electron chi connectivity index (χ2n) is 8.08. The smallest absolute Gasteiger partial charge is 0.193 e. The van der Waals surface area contributed by atoms with E-state index < -0.39 is 0 Å². The number of hydrogen-bond donors (Lipinski definition) is 1. The van der Waals surface area contributed by atoms with Crippen molar-refractivity contribution in [3.8, 4) is 0 Å². The van der Waals surface area contributed by atoms with Crippen molar-refractivity contribution in [2.75, 3.05) is 33.7 Å². The van der Waals surface area contributed by atoms with Crippen LogP contribution in [0.3, 0.4) is 0 Å². The van der Waals surface area contributed by atoms with Crippen LogP contribution >= 0.6 is 11.3 Å². The molecule has 2 aromatic rings. The van der Waals surface area contributed by atoms with Crippen LogP contribution in [0.5, 0.6) is 0 Å². The normalized spacial score (nSPS) is 16.2. The summed E-state index contributed by atoms with van der Waals surface area (Å²) in [4.78, 5) is 13.9. The lowest BCUT2D eigenvalue weighted by Crippen LogP contribution is -2.43. The van der Waals surface area contributed by atoms with Gasteiger partial charge in [-0.05, 0) is 50.8 Å². The zero-order valence-corrected chi connectivity index (χ0v) is 19.1. The molecule has 29 heavy (non-hydrogen) atoms. The number of nitrogens with zero attached hydrogens (tertiary/aromatic N) is 4. The highest BCUT2D eigenvalue weighted by Crippen LogP contribution is 2.19. The van der Waals surface area contributed by atoms with E-state index >= 15 is 0 Å². The fraction of sp³-hybridized carbons (Fsp3) is 0.565. The van der Waals surface area contributed by atoms with Crippen LogP contribution in [0.25, 0.3) is 0 Å². The topological polar surface area (TPSA) is 43.8 Å². The number of nitrogens with one attached hydrogen (secondary N) is 1. The number of aliphatic imine (C=N–C) groups is 1. The molecule has 1 saturated heterocycles. The molecule has 0 amide bonds. The van der Waals surface area contributed by atoms with Gasteiger partial charge in [0.15, 0.2) is 5.96 Å². The maximum absolute atomic E-state index is 4.71. The fourth-order valence-electron chi connectivity index (χ4n) is 3.82. The van der Waals surface area contributed by atoms with Crippen molar-refractivity contribution in [1.29, 1.82) is 0 Å². The molecule has 1 N–H and O–H groups in total. The van der Waals surface area contributed by atoms with Crippen LogP contribution in [-0.4, -0.2) is 54.5 Å². The predicted octanol–water partition coefficient (Wildman–Crippen LogP) is 3.93. The number of benzene rings is 1. The zero-order chi connectivity index (χ0) is 20.6. The lowest BCUT2D eigenvalue weighted by Gasteiger charge is -2.32. The van der Waals surface area contributed by atoms with Crippen LogP contribution in [0.2, 0.25) is 0 Å². The SMILES string of the molecule is CCc1nc(CN2CCC(CNC(=NC)N(C)Cc3ccc(C)cc3)CC2)cs1. The third-order valence-electron chi connectivity index (χ3n) is 5.66. The van der Waals surface area contributed by atoms with Gasteiger partial charge in [0, 0.05) is 39.1 Å². The van der Waals surface area contributed by atoms with Gasteiger partial charge in [-0.3, -0.25) is 9.89 Å². The molecule has 158 valence electrons. The molecule has 3 rings (SSSR count). The minimum atomic E-state index is 0.706. The third-order valence-corrected chi connectivity index (χ3v) is 6.70. The summed E-state index contributed by atoms with van der Waals surface area (Å²) in [5.74, 6) is 1.68. The average molecular weight is 414 g/mol. The van der Waals surface area contributed by atoms with Gasteiger partial charge in [0.05, 0.1) is 10.7 Å². The first-order chi connectivity index (χ1) is 14.1. The lowest BCUT2D eigenvalue weighted by atomic mass is 9.97. The molecule has 0 unspecified atom stereocenters. The molecule has 0 bridgehead atoms. The number of likely N-dealkylation sites (tertiary alicyclic amines) is 1. The summed E-state index contributed by atoms with van der Waals surface area (Å²) >= 11 is 1.79. The van der Waals surface area contributed by atoms with E-state index in [9.17, 15) is 0 Å². The van der Waals surface area contributed by atoms with Crippen molar-refractivity contribution in [2.45, 2.75) is 46.2 Å². The quantitative estimate of drug-likeness (QED) is 0.552. The van der Waals surface area contributed by atoms with E-state index in [-0.39, 0.29) is 0 Å². The monoisotopic (exact) mass is 413 g/mol. The Morgan fingerprint density at radius 1 is 1.28 bits per heavy atom. The minimum absolute atomic E-state index is 0.706. The van der Waals surface area contributed by atoms with Crippen LogP contribution in [0.1, 0.15) is 41.6 Å². The maximum Gasteiger partial charge on any atom is 0.193 e. The van der Waals surface area contributed by atoms with Gasteiger partial charge in [0.2, 0.25) is 0 Å². The highest BCUT2D eigenvalue weighted by molar-refractivity contribution is 7.09. The van der Waals surface area contributed by atoms with Gasteiger partial charge >= 0.3 is 0 Å². The molecule has 2 heterocycles. The van der Waals surface area contributed by atoms with E-state index in [2.05, 4.69) is 70.6 Å². The molecule has 6 heteroatoms. The van der Waals surface area contributed by atoms with Crippen LogP contribution in [0.4, 0.5) is 0 Å². The van der Waals surface area contributed by atoms with Gasteiger partial charge in [-0.2, -0.15) is 0 Å². The number of thiazole rings is 1. The minimum Gasteiger partial charge on any atom is -0.356 e. The zero-order valence-electron chi connectivity index (χ0n) is 18.3. The number of aryl methyl sites for hydroxylation is 2. The van der Waals surface area contributed by atoms with Crippen molar-refractivity contribution >= 4 is 17.3 Å². The van der Waals surface area contributed by atoms with Crippen molar-refractivity contribution in [2.24, 2.45) is 10.9 Å². The Bertz CT molecular complexity index is 775. The molecule has 1 aliphatic heterocycles. The van der Waals surface area contributed by atoms with E-state index in [4.69, 9.17) is 4.98 Å². The first-order valence-corrected chi connectivity index (χ1v) is 11.6. The Morgan fingerprint density at radius 3 is 2.62 bits per heavy atom. The summed E-state index contributed by atoms with van der Waals surface area (Å²) in [6.45, 7) is 9.47. The molecule has 5 nitrogen and oxygen atoms in total. The lowest BCUT2D eigenvalue weighted by molar-refractivity contribution is 0.176. The Labute approximate surface area is 179 Å². The third kappa shape index (κ3) is 6.54. The standard InChI is InChI=1S/C23H35N5S/c1-5-22-26-21(17-29-22)16-28-12-10-19(11-13-28)14-25-23(24-3)27(4)15-20-8-6-18(2)7-9-20/h6-9,17,19H,5,10-16H2,1-4H3,(H,24,25). The van der Waals surface area contributed by atoms with Crippen LogP contribution in [0.15, 0.2) is 34.6 Å². The number of piperidine rings is 1. The van der Waals surface area contributed by atoms with E-state index in [0.717, 1.165) is 45.1 Å². The summed E-state index contributed by atoms with van der Waals surface area (Å²) in [6.07, 6.45) is 3.50. The van der Waals surface area contributed by atoms with Crippen molar-refractivity contribution < 1.29 is 0 Å². The van der Waals surface area contributed by atoms with Gasteiger partial charge in [-0.1, -0.05) is 36.8 Å². The van der Waals surface area contributed by atoms with Gasteiger partial charge < -0.3 is 10.2 Å². The van der Waals surface area contributed by atoms with Crippen molar-refractivity contribution in [3.63, 3.8) is 0 Å². The van der Waals surface area contributed by atoms with Crippen LogP contribution < -0.4 is 5.32 Å². The maximum atomic E-state index is 4.71. The molecule has 0 atom stereocenters. The molecular weight excluding hydrogens is 378 g/mol. The summed E-state index contributed by atoms with van der Waals surface area (Å²) in [5, 5.41) is 7.07. The molecule has 0 radical (unpaired) electrons. The molecule has 1 aliphatic rings. The molecule has 0 aliphatic carbocycles. The number of rotatable bonds is 7. The summed E-state index contributed by atoms with van der Waals surface area (Å²) < 4.78 is 0. The molecule has 1 aromatic heterocycles.